The molecule has 0 fully saturated rings. The Labute approximate surface area is 296 Å². The molecule has 0 bridgehead atoms. The number of nitrogens with zero attached hydrogens (tertiary/aromatic N) is 1. The third-order valence-electron chi connectivity index (χ3n) is 10.1. The van der Waals surface area contributed by atoms with Gasteiger partial charge in [-0.3, -0.25) is 0 Å². The highest BCUT2D eigenvalue weighted by Gasteiger charge is 2.25. The van der Waals surface area contributed by atoms with E-state index in [4.69, 9.17) is 9.40 Å². The SMILES string of the molecule is Cc1cc(-c2cc(-c3c(-c4ccccc4)cc(C(C)(C)C)cc3-c3ccccc3)c3cc([Si](C)(C)C)ccc3n2)cc2c1oc1ccccc12. The lowest BCUT2D eigenvalue weighted by Gasteiger charge is -2.26. The number of rotatable bonds is 5. The third kappa shape index (κ3) is 5.66. The number of pyridine rings is 1. The molecular formula is C47H43NOSi. The quantitative estimate of drug-likeness (QED) is 0.171. The fraction of sp³-hybridized carbons (Fsp3) is 0.170. The van der Waals surface area contributed by atoms with Crippen molar-refractivity contribution in [3.63, 3.8) is 0 Å². The van der Waals surface area contributed by atoms with E-state index in [1.165, 1.54) is 49.5 Å². The number of para-hydroxylation sites is 1. The third-order valence-corrected chi connectivity index (χ3v) is 12.1. The molecule has 0 amide bonds. The summed E-state index contributed by atoms with van der Waals surface area (Å²) in [6.45, 7) is 16.3. The first-order valence-corrected chi connectivity index (χ1v) is 21.1. The molecule has 0 unspecified atom stereocenters. The molecule has 0 aliphatic rings. The predicted molar refractivity (Wildman–Crippen MR) is 217 cm³/mol. The summed E-state index contributed by atoms with van der Waals surface area (Å²) in [5, 5.41) is 4.87. The van der Waals surface area contributed by atoms with Crippen molar-refractivity contribution in [2.45, 2.75) is 52.8 Å². The van der Waals surface area contributed by atoms with Crippen LogP contribution in [0.5, 0.6) is 0 Å². The van der Waals surface area contributed by atoms with Crippen LogP contribution in [0.25, 0.3) is 77.5 Å². The lowest BCUT2D eigenvalue weighted by Crippen LogP contribution is -2.37. The number of aryl methyl sites for hydroxylation is 1. The minimum Gasteiger partial charge on any atom is -0.456 e. The van der Waals surface area contributed by atoms with Gasteiger partial charge in [0, 0.05) is 21.7 Å². The van der Waals surface area contributed by atoms with Gasteiger partial charge in [-0.05, 0) is 99.3 Å². The highest BCUT2D eigenvalue weighted by atomic mass is 28.3. The van der Waals surface area contributed by atoms with E-state index >= 15 is 0 Å². The standard InChI is InChI=1S/C47H43NOSi/c1-30-24-33(25-41-36-20-14-15-21-44(36)49-46(30)41)43-29-40(39-28-35(50(5,6)7)22-23-42(39)48-43)45-37(31-16-10-8-11-17-31)26-34(47(2,3)4)27-38(45)32-18-12-9-13-19-32/h8-29H,1-7H3. The van der Waals surface area contributed by atoms with Gasteiger partial charge in [0.1, 0.15) is 11.2 Å². The smallest absolute Gasteiger partial charge is 0.138 e. The Hall–Kier alpha value is -5.25. The molecule has 0 radical (unpaired) electrons. The van der Waals surface area contributed by atoms with E-state index in [-0.39, 0.29) is 5.41 Å². The summed E-state index contributed by atoms with van der Waals surface area (Å²) in [5.41, 5.74) is 14.6. The Morgan fingerprint density at radius 2 is 1.18 bits per heavy atom. The van der Waals surface area contributed by atoms with Crippen molar-refractivity contribution in [2.75, 3.05) is 0 Å². The van der Waals surface area contributed by atoms with Crippen LogP contribution < -0.4 is 5.19 Å². The summed E-state index contributed by atoms with van der Waals surface area (Å²) in [6.07, 6.45) is 0. The van der Waals surface area contributed by atoms with E-state index in [1.807, 2.05) is 6.07 Å². The lowest BCUT2D eigenvalue weighted by atomic mass is 9.79. The molecule has 8 rings (SSSR count). The van der Waals surface area contributed by atoms with Crippen molar-refractivity contribution in [2.24, 2.45) is 0 Å². The van der Waals surface area contributed by atoms with Crippen molar-refractivity contribution >= 4 is 46.1 Å². The fourth-order valence-electron chi connectivity index (χ4n) is 7.25. The zero-order valence-corrected chi connectivity index (χ0v) is 31.1. The lowest BCUT2D eigenvalue weighted by molar-refractivity contribution is 0.591. The van der Waals surface area contributed by atoms with Gasteiger partial charge in [-0.15, -0.1) is 0 Å². The largest absolute Gasteiger partial charge is 0.456 e. The Balaban J connectivity index is 1.52. The van der Waals surface area contributed by atoms with Gasteiger partial charge in [-0.2, -0.15) is 0 Å². The van der Waals surface area contributed by atoms with E-state index in [1.54, 1.807) is 0 Å². The zero-order chi connectivity index (χ0) is 34.8. The number of hydrogen-bond donors (Lipinski definition) is 0. The monoisotopic (exact) mass is 665 g/mol. The summed E-state index contributed by atoms with van der Waals surface area (Å²) >= 11 is 0. The minimum absolute atomic E-state index is 0.0393. The molecular weight excluding hydrogens is 623 g/mol. The van der Waals surface area contributed by atoms with Crippen molar-refractivity contribution in [1.82, 2.24) is 4.98 Å². The predicted octanol–water partition coefficient (Wildman–Crippen LogP) is 13.0. The maximum atomic E-state index is 6.33. The average molecular weight is 666 g/mol. The Bertz CT molecular complexity index is 2490. The normalized spacial score (nSPS) is 12.3. The second-order valence-corrected chi connectivity index (χ2v) is 20.8. The van der Waals surface area contributed by atoms with Crippen molar-refractivity contribution < 1.29 is 4.42 Å². The first kappa shape index (κ1) is 32.0. The van der Waals surface area contributed by atoms with Crippen LogP contribution in [0.1, 0.15) is 31.9 Å². The molecule has 50 heavy (non-hydrogen) atoms. The van der Waals surface area contributed by atoms with Gasteiger partial charge in [0.05, 0.1) is 19.3 Å². The van der Waals surface area contributed by atoms with Gasteiger partial charge >= 0.3 is 0 Å². The summed E-state index contributed by atoms with van der Waals surface area (Å²) in [6, 6.07) is 48.8. The van der Waals surface area contributed by atoms with Crippen LogP contribution in [0, 0.1) is 6.92 Å². The molecule has 3 heteroatoms. The number of aromatic nitrogens is 1. The Morgan fingerprint density at radius 1 is 0.560 bits per heavy atom. The zero-order valence-electron chi connectivity index (χ0n) is 30.1. The molecule has 2 aromatic heterocycles. The summed E-state index contributed by atoms with van der Waals surface area (Å²) in [7, 11) is -1.64. The first-order chi connectivity index (χ1) is 24.0. The minimum atomic E-state index is -1.64. The molecule has 0 aliphatic heterocycles. The summed E-state index contributed by atoms with van der Waals surface area (Å²) < 4.78 is 6.33. The van der Waals surface area contributed by atoms with Gasteiger partial charge in [-0.25, -0.2) is 4.98 Å². The van der Waals surface area contributed by atoms with E-state index in [0.29, 0.717) is 0 Å². The van der Waals surface area contributed by atoms with Crippen LogP contribution in [-0.2, 0) is 5.41 Å². The van der Waals surface area contributed by atoms with Gasteiger partial charge < -0.3 is 4.42 Å². The van der Waals surface area contributed by atoms with Crippen LogP contribution >= 0.6 is 0 Å². The molecule has 2 nitrogen and oxygen atoms in total. The van der Waals surface area contributed by atoms with Gasteiger partial charge in [0.15, 0.2) is 0 Å². The van der Waals surface area contributed by atoms with Crippen LogP contribution in [0.15, 0.2) is 138 Å². The summed E-state index contributed by atoms with van der Waals surface area (Å²) in [5.74, 6) is 0. The van der Waals surface area contributed by atoms with Gasteiger partial charge in [0.2, 0.25) is 0 Å². The molecule has 8 aromatic rings. The molecule has 0 spiro atoms. The van der Waals surface area contributed by atoms with Crippen LogP contribution in [0.4, 0.5) is 0 Å². The molecule has 0 aliphatic carbocycles. The number of benzene rings is 6. The molecule has 246 valence electrons. The molecule has 0 saturated carbocycles. The van der Waals surface area contributed by atoms with E-state index in [0.717, 1.165) is 44.3 Å². The van der Waals surface area contributed by atoms with E-state index < -0.39 is 8.07 Å². The van der Waals surface area contributed by atoms with Gasteiger partial charge in [-0.1, -0.05) is 137 Å². The van der Waals surface area contributed by atoms with Crippen LogP contribution in [-0.4, -0.2) is 13.1 Å². The maximum absolute atomic E-state index is 6.33. The van der Waals surface area contributed by atoms with Gasteiger partial charge in [0.25, 0.3) is 0 Å². The molecule has 0 saturated heterocycles. The van der Waals surface area contributed by atoms with Crippen molar-refractivity contribution in [3.8, 4) is 44.6 Å². The average Bonchev–Trinajstić information content (AvgIpc) is 3.50. The Kier molecular flexibility index (Phi) is 7.65. The second-order valence-electron chi connectivity index (χ2n) is 15.7. The Morgan fingerprint density at radius 3 is 1.80 bits per heavy atom. The number of fused-ring (bicyclic) bond motifs is 4. The maximum Gasteiger partial charge on any atom is 0.138 e. The number of hydrogen-bond acceptors (Lipinski definition) is 2. The molecule has 6 aromatic carbocycles. The highest BCUT2D eigenvalue weighted by Crippen LogP contribution is 2.46. The van der Waals surface area contributed by atoms with Crippen molar-refractivity contribution in [1.29, 1.82) is 0 Å². The fourth-order valence-corrected chi connectivity index (χ4v) is 8.41. The second kappa shape index (κ2) is 12.0. The van der Waals surface area contributed by atoms with Crippen LogP contribution in [0.3, 0.4) is 0 Å². The van der Waals surface area contributed by atoms with E-state index in [9.17, 15) is 0 Å². The van der Waals surface area contributed by atoms with Crippen LogP contribution in [0.2, 0.25) is 19.6 Å². The summed E-state index contributed by atoms with van der Waals surface area (Å²) in [4.78, 5) is 5.41. The highest BCUT2D eigenvalue weighted by molar-refractivity contribution is 6.88. The molecule has 0 N–H and O–H groups in total. The topological polar surface area (TPSA) is 26.0 Å². The van der Waals surface area contributed by atoms with E-state index in [2.05, 4.69) is 175 Å². The van der Waals surface area contributed by atoms with Crippen molar-refractivity contribution in [3.05, 3.63) is 145 Å². The first-order valence-electron chi connectivity index (χ1n) is 17.6. The number of furan rings is 1. The molecule has 0 atom stereocenters. The molecule has 2 heterocycles.